The minimum absolute atomic E-state index is 0.0514. The van der Waals surface area contributed by atoms with Crippen LogP contribution < -0.4 is 10.5 Å². The largest absolute Gasteiger partial charge is 0.480 e. The van der Waals surface area contributed by atoms with E-state index in [2.05, 4.69) is 4.74 Å². The molecule has 1 heterocycles. The van der Waals surface area contributed by atoms with Gasteiger partial charge in [0.25, 0.3) is 5.91 Å². The van der Waals surface area contributed by atoms with Gasteiger partial charge in [-0.05, 0) is 41.8 Å². The first-order chi connectivity index (χ1) is 14.5. The maximum absolute atomic E-state index is 13.6. The zero-order chi connectivity index (χ0) is 22.8. The first kappa shape index (κ1) is 22.1. The molecule has 1 fully saturated rings. The second kappa shape index (κ2) is 8.64. The van der Waals surface area contributed by atoms with E-state index in [0.717, 1.165) is 17.0 Å². The SMILES string of the molecule is NC(Cc1ccc(Oc2ccc(CN3C(=O)COC3=O)cc2C(F)(F)F)cc1)C(=O)O. The Balaban J connectivity index is 1.80. The minimum atomic E-state index is -4.75. The number of hydrogen-bond acceptors (Lipinski definition) is 6. The molecule has 8 nitrogen and oxygen atoms in total. The van der Waals surface area contributed by atoms with Crippen molar-refractivity contribution in [2.75, 3.05) is 6.61 Å². The van der Waals surface area contributed by atoms with Crippen LogP contribution in [0.1, 0.15) is 16.7 Å². The fraction of sp³-hybridized carbons (Fsp3) is 0.250. The molecule has 1 atom stereocenters. The zero-order valence-electron chi connectivity index (χ0n) is 15.9. The van der Waals surface area contributed by atoms with Crippen molar-refractivity contribution in [3.63, 3.8) is 0 Å². The van der Waals surface area contributed by atoms with Gasteiger partial charge in [0.15, 0.2) is 6.61 Å². The number of halogens is 3. The summed E-state index contributed by atoms with van der Waals surface area (Å²) in [5.41, 5.74) is 5.03. The van der Waals surface area contributed by atoms with Gasteiger partial charge in [-0.1, -0.05) is 18.2 Å². The van der Waals surface area contributed by atoms with Crippen LogP contribution in [0.5, 0.6) is 11.5 Å². The van der Waals surface area contributed by atoms with E-state index in [1.165, 1.54) is 30.3 Å². The number of aliphatic carboxylic acids is 1. The van der Waals surface area contributed by atoms with Gasteiger partial charge in [-0.3, -0.25) is 9.59 Å². The van der Waals surface area contributed by atoms with Gasteiger partial charge < -0.3 is 20.3 Å². The highest BCUT2D eigenvalue weighted by Gasteiger charge is 2.36. The smallest absolute Gasteiger partial charge is 0.419 e. The molecule has 0 saturated carbocycles. The Morgan fingerprint density at radius 1 is 1.16 bits per heavy atom. The van der Waals surface area contributed by atoms with E-state index in [-0.39, 0.29) is 24.3 Å². The number of hydrogen-bond donors (Lipinski definition) is 2. The Labute approximate surface area is 174 Å². The van der Waals surface area contributed by atoms with Crippen molar-refractivity contribution in [1.82, 2.24) is 4.90 Å². The van der Waals surface area contributed by atoms with Crippen molar-refractivity contribution in [1.29, 1.82) is 0 Å². The quantitative estimate of drug-likeness (QED) is 0.682. The number of imide groups is 1. The fourth-order valence-electron chi connectivity index (χ4n) is 2.86. The Morgan fingerprint density at radius 2 is 1.81 bits per heavy atom. The number of rotatable bonds is 7. The van der Waals surface area contributed by atoms with Crippen molar-refractivity contribution in [2.45, 2.75) is 25.2 Å². The second-order valence-electron chi connectivity index (χ2n) is 6.76. The third-order valence-corrected chi connectivity index (χ3v) is 4.45. The molecule has 31 heavy (non-hydrogen) atoms. The van der Waals surface area contributed by atoms with Gasteiger partial charge in [0, 0.05) is 0 Å². The monoisotopic (exact) mass is 438 g/mol. The van der Waals surface area contributed by atoms with E-state index in [1.54, 1.807) is 0 Å². The lowest BCUT2D eigenvalue weighted by Gasteiger charge is -2.17. The van der Waals surface area contributed by atoms with Gasteiger partial charge in [-0.15, -0.1) is 0 Å². The van der Waals surface area contributed by atoms with E-state index in [4.69, 9.17) is 15.6 Å². The van der Waals surface area contributed by atoms with Crippen molar-refractivity contribution in [3.05, 3.63) is 59.2 Å². The van der Waals surface area contributed by atoms with Gasteiger partial charge in [0.2, 0.25) is 0 Å². The van der Waals surface area contributed by atoms with Crippen LogP contribution in [0.25, 0.3) is 0 Å². The molecule has 2 aromatic carbocycles. The van der Waals surface area contributed by atoms with Crippen molar-refractivity contribution < 1.29 is 42.1 Å². The summed E-state index contributed by atoms with van der Waals surface area (Å²) in [7, 11) is 0. The third-order valence-electron chi connectivity index (χ3n) is 4.45. The van der Waals surface area contributed by atoms with Crippen LogP contribution in [0.15, 0.2) is 42.5 Å². The van der Waals surface area contributed by atoms with Gasteiger partial charge in [-0.2, -0.15) is 13.2 Å². The van der Waals surface area contributed by atoms with Gasteiger partial charge in [0.05, 0.1) is 12.1 Å². The van der Waals surface area contributed by atoms with Crippen molar-refractivity contribution in [3.8, 4) is 11.5 Å². The van der Waals surface area contributed by atoms with Crippen LogP contribution in [-0.4, -0.2) is 40.6 Å². The van der Waals surface area contributed by atoms with Gasteiger partial charge >= 0.3 is 18.2 Å². The first-order valence-electron chi connectivity index (χ1n) is 8.97. The number of cyclic esters (lactones) is 1. The molecule has 164 valence electrons. The van der Waals surface area contributed by atoms with Crippen LogP contribution in [-0.2, 0) is 33.5 Å². The molecule has 2 aromatic rings. The number of carboxylic acids is 1. The van der Waals surface area contributed by atoms with E-state index in [9.17, 15) is 27.6 Å². The normalized spacial score (nSPS) is 15.0. The van der Waals surface area contributed by atoms with Gasteiger partial charge in [-0.25, -0.2) is 9.69 Å². The average molecular weight is 438 g/mol. The number of carbonyl (C=O) groups is 3. The lowest BCUT2D eigenvalue weighted by molar-refractivity contribution is -0.139. The summed E-state index contributed by atoms with van der Waals surface area (Å²) in [4.78, 5) is 34.6. The van der Waals surface area contributed by atoms with Crippen LogP contribution >= 0.6 is 0 Å². The van der Waals surface area contributed by atoms with Gasteiger partial charge in [0.1, 0.15) is 17.5 Å². The number of ether oxygens (including phenoxy) is 2. The molecule has 11 heteroatoms. The van der Waals surface area contributed by atoms with Crippen LogP contribution in [0.4, 0.5) is 18.0 Å². The van der Waals surface area contributed by atoms with Crippen molar-refractivity contribution in [2.24, 2.45) is 5.73 Å². The number of carbonyl (C=O) groups excluding carboxylic acids is 2. The van der Waals surface area contributed by atoms with Crippen LogP contribution in [0.2, 0.25) is 0 Å². The van der Waals surface area contributed by atoms with E-state index in [0.29, 0.717) is 5.56 Å². The minimum Gasteiger partial charge on any atom is -0.480 e. The molecule has 0 spiro atoms. The highest BCUT2D eigenvalue weighted by atomic mass is 19.4. The molecule has 1 unspecified atom stereocenters. The topological polar surface area (TPSA) is 119 Å². The second-order valence-corrected chi connectivity index (χ2v) is 6.76. The Bertz CT molecular complexity index is 991. The molecule has 1 saturated heterocycles. The summed E-state index contributed by atoms with van der Waals surface area (Å²) in [5.74, 6) is -2.17. The first-order valence-corrected chi connectivity index (χ1v) is 8.97. The summed E-state index contributed by atoms with van der Waals surface area (Å²) in [6.45, 7) is -0.806. The van der Waals surface area contributed by atoms with Crippen LogP contribution in [0.3, 0.4) is 0 Å². The highest BCUT2D eigenvalue weighted by molar-refractivity contribution is 5.97. The third kappa shape index (κ3) is 5.31. The lowest BCUT2D eigenvalue weighted by atomic mass is 10.1. The summed E-state index contributed by atoms with van der Waals surface area (Å²) >= 11 is 0. The Kier molecular flexibility index (Phi) is 6.16. The molecular weight excluding hydrogens is 421 g/mol. The Hall–Kier alpha value is -3.60. The summed E-state index contributed by atoms with van der Waals surface area (Å²) in [5, 5.41) is 8.84. The molecular formula is C20H17F3N2O6. The molecule has 2 amide bonds. The van der Waals surface area contributed by atoms with E-state index < -0.39 is 48.1 Å². The zero-order valence-corrected chi connectivity index (χ0v) is 15.9. The lowest BCUT2D eigenvalue weighted by Crippen LogP contribution is -2.32. The highest BCUT2D eigenvalue weighted by Crippen LogP contribution is 2.39. The number of amides is 2. The number of benzene rings is 2. The van der Waals surface area contributed by atoms with Crippen molar-refractivity contribution >= 4 is 18.0 Å². The Morgan fingerprint density at radius 3 is 2.35 bits per heavy atom. The molecule has 3 rings (SSSR count). The average Bonchev–Trinajstić information content (AvgIpc) is 3.01. The summed E-state index contributed by atoms with van der Waals surface area (Å²) in [6, 6.07) is 7.91. The summed E-state index contributed by atoms with van der Waals surface area (Å²) in [6.07, 6.45) is -5.62. The summed E-state index contributed by atoms with van der Waals surface area (Å²) < 4.78 is 50.6. The maximum atomic E-state index is 13.6. The molecule has 0 aromatic heterocycles. The standard InChI is InChI=1S/C20H17F3N2O6/c21-20(22,23)14-7-12(9-25-17(26)10-30-19(25)29)3-6-16(14)31-13-4-1-11(2-5-13)8-15(24)18(27)28/h1-7,15H,8-10,24H2,(H,27,28). The molecule has 0 aliphatic carbocycles. The maximum Gasteiger partial charge on any atom is 0.419 e. The predicted molar refractivity (Wildman–Crippen MR) is 99.2 cm³/mol. The number of nitrogens with zero attached hydrogens (tertiary/aromatic N) is 1. The van der Waals surface area contributed by atoms with Crippen LogP contribution in [0, 0.1) is 0 Å². The number of carboxylic acid groups (broad SMARTS) is 1. The number of nitrogens with two attached hydrogens (primary N) is 1. The molecule has 3 N–H and O–H groups in total. The van der Waals surface area contributed by atoms with E-state index >= 15 is 0 Å². The molecule has 1 aliphatic rings. The number of alkyl halides is 3. The fourth-order valence-corrected chi connectivity index (χ4v) is 2.86. The molecule has 0 radical (unpaired) electrons. The molecule has 1 aliphatic heterocycles. The molecule has 0 bridgehead atoms. The predicted octanol–water partition coefficient (Wildman–Crippen LogP) is 2.93. The van der Waals surface area contributed by atoms with E-state index in [1.807, 2.05) is 0 Å².